The third-order valence-corrected chi connectivity index (χ3v) is 2.90. The van der Waals surface area contributed by atoms with Crippen LogP contribution < -0.4 is 5.32 Å². The first-order chi connectivity index (χ1) is 10.5. The van der Waals surface area contributed by atoms with Crippen LogP contribution in [0.4, 0.5) is 10.1 Å². The molecule has 0 radical (unpaired) electrons. The summed E-state index contributed by atoms with van der Waals surface area (Å²) in [6.45, 7) is 1.34. The van der Waals surface area contributed by atoms with Crippen LogP contribution in [0.1, 0.15) is 22.8 Å². The van der Waals surface area contributed by atoms with E-state index in [-0.39, 0.29) is 22.8 Å². The van der Waals surface area contributed by atoms with E-state index >= 15 is 0 Å². The van der Waals surface area contributed by atoms with Gasteiger partial charge in [-0.2, -0.15) is 0 Å². The van der Waals surface area contributed by atoms with Gasteiger partial charge >= 0.3 is 0 Å². The standard InChI is InChI=1S/C17H14FNO3/c1-11(20)19-13-7-9-17(22)14(10-13)16(21)8-6-12-4-2-3-5-15(12)18/h2-10,22H,1H3,(H,19,20). The molecule has 0 unspecified atom stereocenters. The molecule has 2 aromatic carbocycles. The van der Waals surface area contributed by atoms with Crippen LogP contribution in [0.5, 0.6) is 5.75 Å². The maximum absolute atomic E-state index is 13.5. The Balaban J connectivity index is 2.25. The summed E-state index contributed by atoms with van der Waals surface area (Å²) < 4.78 is 13.5. The summed E-state index contributed by atoms with van der Waals surface area (Å²) in [6.07, 6.45) is 2.51. The molecule has 112 valence electrons. The molecular weight excluding hydrogens is 285 g/mol. The number of rotatable bonds is 4. The minimum atomic E-state index is -0.493. The molecule has 0 heterocycles. The summed E-state index contributed by atoms with van der Waals surface area (Å²) in [5.74, 6) is -1.43. The van der Waals surface area contributed by atoms with Crippen molar-refractivity contribution in [2.45, 2.75) is 6.92 Å². The topological polar surface area (TPSA) is 66.4 Å². The second-order valence-electron chi connectivity index (χ2n) is 4.63. The molecule has 4 nitrogen and oxygen atoms in total. The quantitative estimate of drug-likeness (QED) is 0.516. The molecule has 0 aromatic heterocycles. The number of hydrogen-bond donors (Lipinski definition) is 2. The number of carbonyl (C=O) groups excluding carboxylic acids is 2. The number of anilines is 1. The Kier molecular flexibility index (Phi) is 4.68. The van der Waals surface area contributed by atoms with Gasteiger partial charge in [0.1, 0.15) is 11.6 Å². The van der Waals surface area contributed by atoms with Crippen molar-refractivity contribution >= 4 is 23.5 Å². The highest BCUT2D eigenvalue weighted by molar-refractivity contribution is 6.09. The van der Waals surface area contributed by atoms with E-state index in [4.69, 9.17) is 0 Å². The molecule has 5 heteroatoms. The van der Waals surface area contributed by atoms with E-state index < -0.39 is 11.6 Å². The van der Waals surface area contributed by atoms with Gasteiger partial charge in [0.15, 0.2) is 5.78 Å². The van der Waals surface area contributed by atoms with Crippen LogP contribution in [-0.4, -0.2) is 16.8 Å². The monoisotopic (exact) mass is 299 g/mol. The molecule has 0 bridgehead atoms. The molecule has 0 fully saturated rings. The third-order valence-electron chi connectivity index (χ3n) is 2.90. The van der Waals surface area contributed by atoms with E-state index in [9.17, 15) is 19.1 Å². The summed E-state index contributed by atoms with van der Waals surface area (Å²) in [7, 11) is 0. The number of allylic oxidation sites excluding steroid dienone is 1. The van der Waals surface area contributed by atoms with Crippen molar-refractivity contribution in [2.75, 3.05) is 5.32 Å². The lowest BCUT2D eigenvalue weighted by Crippen LogP contribution is -2.06. The Morgan fingerprint density at radius 3 is 2.59 bits per heavy atom. The van der Waals surface area contributed by atoms with Gasteiger partial charge in [-0.05, 0) is 36.4 Å². The zero-order valence-corrected chi connectivity index (χ0v) is 11.8. The molecule has 0 aliphatic heterocycles. The van der Waals surface area contributed by atoms with Gasteiger partial charge in [0.05, 0.1) is 5.56 Å². The predicted octanol–water partition coefficient (Wildman–Crippen LogP) is 3.39. The number of phenolic OH excluding ortho intramolecular Hbond substituents is 1. The highest BCUT2D eigenvalue weighted by Crippen LogP contribution is 2.23. The molecule has 1 amide bonds. The number of benzene rings is 2. The largest absolute Gasteiger partial charge is 0.507 e. The molecule has 0 aliphatic carbocycles. The van der Waals surface area contributed by atoms with E-state index in [0.29, 0.717) is 5.69 Å². The van der Waals surface area contributed by atoms with Gasteiger partial charge in [-0.25, -0.2) is 4.39 Å². The summed E-state index contributed by atoms with van der Waals surface area (Å²) in [5, 5.41) is 12.3. The number of aromatic hydroxyl groups is 1. The van der Waals surface area contributed by atoms with Gasteiger partial charge in [-0.15, -0.1) is 0 Å². The van der Waals surface area contributed by atoms with Crippen LogP contribution in [0, 0.1) is 5.82 Å². The lowest BCUT2D eigenvalue weighted by atomic mass is 10.1. The molecule has 0 aliphatic rings. The highest BCUT2D eigenvalue weighted by Gasteiger charge is 2.10. The average Bonchev–Trinajstić information content (AvgIpc) is 2.47. The Morgan fingerprint density at radius 2 is 1.91 bits per heavy atom. The Labute approximate surface area is 126 Å². The van der Waals surface area contributed by atoms with Crippen molar-refractivity contribution in [3.63, 3.8) is 0 Å². The normalized spacial score (nSPS) is 10.6. The summed E-state index contributed by atoms with van der Waals surface area (Å²) in [5.41, 5.74) is 0.695. The molecular formula is C17H14FNO3. The summed E-state index contributed by atoms with van der Waals surface area (Å²) >= 11 is 0. The molecule has 22 heavy (non-hydrogen) atoms. The number of nitrogens with one attached hydrogen (secondary N) is 1. The number of ketones is 1. The fourth-order valence-corrected chi connectivity index (χ4v) is 1.88. The number of halogens is 1. The van der Waals surface area contributed by atoms with Crippen molar-refractivity contribution in [3.05, 3.63) is 65.5 Å². The molecule has 2 N–H and O–H groups in total. The summed E-state index contributed by atoms with van der Waals surface area (Å²) in [6, 6.07) is 10.2. The van der Waals surface area contributed by atoms with Crippen LogP contribution in [0.3, 0.4) is 0 Å². The number of hydrogen-bond acceptors (Lipinski definition) is 3. The lowest BCUT2D eigenvalue weighted by Gasteiger charge is -2.06. The van der Waals surface area contributed by atoms with Crippen LogP contribution >= 0.6 is 0 Å². The van der Waals surface area contributed by atoms with Crippen LogP contribution in [0.2, 0.25) is 0 Å². The molecule has 0 saturated carbocycles. The van der Waals surface area contributed by atoms with E-state index in [1.165, 1.54) is 49.4 Å². The maximum Gasteiger partial charge on any atom is 0.221 e. The number of phenols is 1. The van der Waals surface area contributed by atoms with E-state index in [1.807, 2.05) is 0 Å². The van der Waals surface area contributed by atoms with Crippen molar-refractivity contribution < 1.29 is 19.1 Å². The zero-order chi connectivity index (χ0) is 16.1. The first kappa shape index (κ1) is 15.4. The average molecular weight is 299 g/mol. The third kappa shape index (κ3) is 3.79. The minimum Gasteiger partial charge on any atom is -0.507 e. The van der Waals surface area contributed by atoms with E-state index in [1.54, 1.807) is 12.1 Å². The van der Waals surface area contributed by atoms with Crippen LogP contribution in [0.25, 0.3) is 6.08 Å². The molecule has 2 rings (SSSR count). The molecule has 2 aromatic rings. The zero-order valence-electron chi connectivity index (χ0n) is 11.8. The van der Waals surface area contributed by atoms with Gasteiger partial charge in [-0.3, -0.25) is 9.59 Å². The van der Waals surface area contributed by atoms with Crippen LogP contribution in [-0.2, 0) is 4.79 Å². The van der Waals surface area contributed by atoms with E-state index in [2.05, 4.69) is 5.32 Å². The summed E-state index contributed by atoms with van der Waals surface area (Å²) in [4.78, 5) is 23.1. The number of carbonyl (C=O) groups is 2. The Morgan fingerprint density at radius 1 is 1.18 bits per heavy atom. The molecule has 0 saturated heterocycles. The predicted molar refractivity (Wildman–Crippen MR) is 82.2 cm³/mol. The SMILES string of the molecule is CC(=O)Nc1ccc(O)c(C(=O)C=Cc2ccccc2F)c1. The van der Waals surface area contributed by atoms with Gasteiger partial charge in [0.25, 0.3) is 0 Å². The van der Waals surface area contributed by atoms with E-state index in [0.717, 1.165) is 0 Å². The van der Waals surface area contributed by atoms with Crippen molar-refractivity contribution in [1.82, 2.24) is 0 Å². The maximum atomic E-state index is 13.5. The minimum absolute atomic E-state index is 0.0267. The Hall–Kier alpha value is -2.95. The molecule has 0 spiro atoms. The van der Waals surface area contributed by atoms with Gasteiger partial charge in [-0.1, -0.05) is 18.2 Å². The fourth-order valence-electron chi connectivity index (χ4n) is 1.88. The van der Waals surface area contributed by atoms with Crippen LogP contribution in [0.15, 0.2) is 48.5 Å². The lowest BCUT2D eigenvalue weighted by molar-refractivity contribution is -0.114. The smallest absolute Gasteiger partial charge is 0.221 e. The van der Waals surface area contributed by atoms with Gasteiger partial charge < -0.3 is 10.4 Å². The first-order valence-electron chi connectivity index (χ1n) is 6.55. The van der Waals surface area contributed by atoms with Gasteiger partial charge in [0.2, 0.25) is 5.91 Å². The highest BCUT2D eigenvalue weighted by atomic mass is 19.1. The first-order valence-corrected chi connectivity index (χ1v) is 6.55. The fraction of sp³-hybridized carbons (Fsp3) is 0.0588. The second kappa shape index (κ2) is 6.67. The number of amides is 1. The van der Waals surface area contributed by atoms with Gasteiger partial charge in [0, 0.05) is 18.2 Å². The van der Waals surface area contributed by atoms with Crippen molar-refractivity contribution in [3.8, 4) is 5.75 Å². The Bertz CT molecular complexity index is 753. The second-order valence-corrected chi connectivity index (χ2v) is 4.63. The van der Waals surface area contributed by atoms with Crippen molar-refractivity contribution in [1.29, 1.82) is 0 Å². The van der Waals surface area contributed by atoms with Crippen molar-refractivity contribution in [2.24, 2.45) is 0 Å². The molecule has 0 atom stereocenters.